The van der Waals surface area contributed by atoms with Crippen molar-refractivity contribution >= 4 is 11.6 Å². The van der Waals surface area contributed by atoms with Crippen molar-refractivity contribution in [3.63, 3.8) is 0 Å². The van der Waals surface area contributed by atoms with E-state index in [4.69, 9.17) is 14.2 Å². The van der Waals surface area contributed by atoms with E-state index in [2.05, 4.69) is 10.3 Å². The molecule has 0 aliphatic heterocycles. The van der Waals surface area contributed by atoms with E-state index >= 15 is 0 Å². The van der Waals surface area contributed by atoms with E-state index in [-0.39, 0.29) is 18.3 Å². The van der Waals surface area contributed by atoms with E-state index < -0.39 is 0 Å². The number of carbonyl (C=O) groups is 1. The molecule has 0 spiro atoms. The summed E-state index contributed by atoms with van der Waals surface area (Å²) in [4.78, 5) is 16.5. The maximum absolute atomic E-state index is 13.2. The lowest BCUT2D eigenvalue weighted by atomic mass is 10.2. The Kier molecular flexibility index (Phi) is 6.80. The number of para-hydroxylation sites is 1. The zero-order valence-electron chi connectivity index (χ0n) is 17.8. The summed E-state index contributed by atoms with van der Waals surface area (Å²) >= 11 is 0. The Morgan fingerprint density at radius 2 is 1.61 bits per heavy atom. The minimum absolute atomic E-state index is 0.160. The Morgan fingerprint density at radius 3 is 2.30 bits per heavy atom. The molecule has 1 N–H and O–H groups in total. The van der Waals surface area contributed by atoms with Gasteiger partial charge in [-0.05, 0) is 55.0 Å². The number of halogens is 1. The van der Waals surface area contributed by atoms with Gasteiger partial charge in [0.2, 0.25) is 0 Å². The average molecular weight is 444 g/mol. The molecule has 6 nitrogen and oxygen atoms in total. The fourth-order valence-electron chi connectivity index (χ4n) is 3.00. The normalized spacial score (nSPS) is 10.4. The molecule has 0 saturated carbocycles. The quantitative estimate of drug-likeness (QED) is 0.354. The number of carbonyl (C=O) groups excluding carboxylic acids is 1. The molecule has 0 unspecified atom stereocenters. The molecule has 0 aliphatic carbocycles. The zero-order chi connectivity index (χ0) is 23.0. The van der Waals surface area contributed by atoms with Gasteiger partial charge in [-0.2, -0.15) is 0 Å². The smallest absolute Gasteiger partial charge is 0.262 e. The van der Waals surface area contributed by atoms with Crippen molar-refractivity contribution in [1.29, 1.82) is 0 Å². The molecule has 0 atom stereocenters. The summed E-state index contributed by atoms with van der Waals surface area (Å²) in [6.45, 7) is 1.75. The van der Waals surface area contributed by atoms with Crippen LogP contribution in [0, 0.1) is 12.7 Å². The van der Waals surface area contributed by atoms with E-state index in [1.54, 1.807) is 48.8 Å². The van der Waals surface area contributed by atoms with Crippen molar-refractivity contribution in [1.82, 2.24) is 4.98 Å². The lowest BCUT2D eigenvalue weighted by molar-refractivity contribution is -0.118. The van der Waals surface area contributed by atoms with Crippen LogP contribution in [0.5, 0.6) is 28.7 Å². The van der Waals surface area contributed by atoms with E-state index in [1.807, 2.05) is 25.1 Å². The highest BCUT2D eigenvalue weighted by atomic mass is 19.1. The van der Waals surface area contributed by atoms with Gasteiger partial charge in [0, 0.05) is 30.1 Å². The highest BCUT2D eigenvalue weighted by Crippen LogP contribution is 2.32. The summed E-state index contributed by atoms with van der Waals surface area (Å²) in [5.41, 5.74) is 1.39. The van der Waals surface area contributed by atoms with Crippen molar-refractivity contribution in [2.24, 2.45) is 0 Å². The van der Waals surface area contributed by atoms with Gasteiger partial charge in [0.15, 0.2) is 6.61 Å². The SMILES string of the molecule is Cc1ccccc1OCC(=O)Nc1cc(Oc2ccc(F)cc2)cc(Oc2cccnc2)c1. The Bertz CT molecular complexity index is 1230. The van der Waals surface area contributed by atoms with Crippen LogP contribution >= 0.6 is 0 Å². The van der Waals surface area contributed by atoms with Crippen LogP contribution in [0.1, 0.15) is 5.56 Å². The molecule has 3 aromatic carbocycles. The van der Waals surface area contributed by atoms with Crippen molar-refractivity contribution in [2.75, 3.05) is 11.9 Å². The van der Waals surface area contributed by atoms with Crippen LogP contribution in [0.15, 0.2) is 91.3 Å². The molecular weight excluding hydrogens is 423 g/mol. The fraction of sp³-hybridized carbons (Fsp3) is 0.0769. The average Bonchev–Trinajstić information content (AvgIpc) is 2.81. The number of rotatable bonds is 8. The molecule has 4 aromatic rings. The van der Waals surface area contributed by atoms with Gasteiger partial charge in [-0.1, -0.05) is 18.2 Å². The highest BCUT2D eigenvalue weighted by molar-refractivity contribution is 5.92. The number of hydrogen-bond acceptors (Lipinski definition) is 5. The molecule has 7 heteroatoms. The molecule has 166 valence electrons. The van der Waals surface area contributed by atoms with Crippen LogP contribution in [0.2, 0.25) is 0 Å². The van der Waals surface area contributed by atoms with Gasteiger partial charge in [-0.3, -0.25) is 9.78 Å². The summed E-state index contributed by atoms with van der Waals surface area (Å²) in [6.07, 6.45) is 3.21. The molecular formula is C26H21FN2O4. The monoisotopic (exact) mass is 444 g/mol. The lowest BCUT2D eigenvalue weighted by Crippen LogP contribution is -2.20. The van der Waals surface area contributed by atoms with Crippen molar-refractivity contribution < 1.29 is 23.4 Å². The Morgan fingerprint density at radius 1 is 0.879 bits per heavy atom. The molecule has 0 fully saturated rings. The highest BCUT2D eigenvalue weighted by Gasteiger charge is 2.10. The predicted octanol–water partition coefficient (Wildman–Crippen LogP) is 6.13. The van der Waals surface area contributed by atoms with Crippen LogP contribution in [0.25, 0.3) is 0 Å². The first-order valence-electron chi connectivity index (χ1n) is 10.2. The molecule has 0 radical (unpaired) electrons. The van der Waals surface area contributed by atoms with Gasteiger partial charge in [-0.15, -0.1) is 0 Å². The topological polar surface area (TPSA) is 69.7 Å². The number of benzene rings is 3. The second kappa shape index (κ2) is 10.3. The van der Waals surface area contributed by atoms with Crippen LogP contribution in [0.4, 0.5) is 10.1 Å². The van der Waals surface area contributed by atoms with Crippen molar-refractivity contribution in [2.45, 2.75) is 6.92 Å². The number of nitrogens with zero attached hydrogens (tertiary/aromatic N) is 1. The fourth-order valence-corrected chi connectivity index (χ4v) is 3.00. The lowest BCUT2D eigenvalue weighted by Gasteiger charge is -2.13. The van der Waals surface area contributed by atoms with Crippen LogP contribution in [-0.4, -0.2) is 17.5 Å². The summed E-state index contributed by atoms with van der Waals surface area (Å²) in [5.74, 6) is 1.73. The van der Waals surface area contributed by atoms with E-state index in [0.717, 1.165) is 5.56 Å². The molecule has 0 bridgehead atoms. The third-order valence-corrected chi connectivity index (χ3v) is 4.54. The third-order valence-electron chi connectivity index (χ3n) is 4.54. The van der Waals surface area contributed by atoms with Crippen molar-refractivity contribution in [3.8, 4) is 28.7 Å². The molecule has 1 aromatic heterocycles. The maximum Gasteiger partial charge on any atom is 0.262 e. The minimum atomic E-state index is -0.363. The summed E-state index contributed by atoms with van der Waals surface area (Å²) in [6, 6.07) is 21.6. The van der Waals surface area contributed by atoms with Crippen LogP contribution in [0.3, 0.4) is 0 Å². The van der Waals surface area contributed by atoms with Gasteiger partial charge in [0.05, 0.1) is 6.20 Å². The first-order chi connectivity index (χ1) is 16.0. The number of aryl methyl sites for hydroxylation is 1. The van der Waals surface area contributed by atoms with Gasteiger partial charge in [-0.25, -0.2) is 4.39 Å². The van der Waals surface area contributed by atoms with Gasteiger partial charge >= 0.3 is 0 Å². The first kappa shape index (κ1) is 21.8. The van der Waals surface area contributed by atoms with Crippen LogP contribution < -0.4 is 19.5 Å². The number of nitrogens with one attached hydrogen (secondary N) is 1. The van der Waals surface area contributed by atoms with E-state index in [9.17, 15) is 9.18 Å². The number of hydrogen-bond donors (Lipinski definition) is 1. The van der Waals surface area contributed by atoms with Gasteiger partial charge in [0.25, 0.3) is 5.91 Å². The maximum atomic E-state index is 13.2. The first-order valence-corrected chi connectivity index (χ1v) is 10.2. The third kappa shape index (κ3) is 6.30. The molecule has 4 rings (SSSR count). The van der Waals surface area contributed by atoms with Gasteiger partial charge in [0.1, 0.15) is 34.6 Å². The second-order valence-electron chi connectivity index (χ2n) is 7.14. The molecule has 0 saturated heterocycles. The summed E-state index contributed by atoms with van der Waals surface area (Å²) in [5, 5.41) is 2.79. The number of aromatic nitrogens is 1. The predicted molar refractivity (Wildman–Crippen MR) is 123 cm³/mol. The molecule has 33 heavy (non-hydrogen) atoms. The summed E-state index contributed by atoms with van der Waals surface area (Å²) < 4.78 is 30.5. The summed E-state index contributed by atoms with van der Waals surface area (Å²) in [7, 11) is 0. The molecule has 1 amide bonds. The van der Waals surface area contributed by atoms with E-state index in [0.29, 0.717) is 34.4 Å². The number of anilines is 1. The number of pyridine rings is 1. The molecule has 0 aliphatic rings. The second-order valence-corrected chi connectivity index (χ2v) is 7.14. The van der Waals surface area contributed by atoms with Gasteiger partial charge < -0.3 is 19.5 Å². The zero-order valence-corrected chi connectivity index (χ0v) is 17.8. The Labute approximate surface area is 190 Å². The van der Waals surface area contributed by atoms with E-state index in [1.165, 1.54) is 24.3 Å². The molecule has 1 heterocycles. The van der Waals surface area contributed by atoms with Crippen LogP contribution in [-0.2, 0) is 4.79 Å². The minimum Gasteiger partial charge on any atom is -0.483 e. The van der Waals surface area contributed by atoms with Crippen molar-refractivity contribution in [3.05, 3.63) is 103 Å². The largest absolute Gasteiger partial charge is 0.483 e. The standard InChI is InChI=1S/C26H21FN2O4/c1-18-5-2-3-7-25(18)31-17-26(30)29-20-13-23(32-21-10-8-19(27)9-11-21)15-24(14-20)33-22-6-4-12-28-16-22/h2-16H,17H2,1H3,(H,29,30). The Balaban J connectivity index is 1.52. The Hall–Kier alpha value is -4.39. The number of amides is 1. The number of ether oxygens (including phenoxy) is 3.